The predicted molar refractivity (Wildman–Crippen MR) is 61.9 cm³/mol. The minimum absolute atomic E-state index is 0.0638. The van der Waals surface area contributed by atoms with Gasteiger partial charge in [0.05, 0.1) is 18.0 Å². The van der Waals surface area contributed by atoms with Crippen LogP contribution in [0.5, 0.6) is 0 Å². The van der Waals surface area contributed by atoms with Gasteiger partial charge in [0.25, 0.3) is 5.56 Å². The van der Waals surface area contributed by atoms with Gasteiger partial charge in [-0.15, -0.1) is 0 Å². The minimum Gasteiger partial charge on any atom is -0.390 e. The fourth-order valence-corrected chi connectivity index (χ4v) is 1.91. The van der Waals surface area contributed by atoms with E-state index in [1.807, 2.05) is 18.2 Å². The number of aromatic nitrogens is 2. The van der Waals surface area contributed by atoms with Gasteiger partial charge in [-0.05, 0) is 12.1 Å². The first-order valence-corrected chi connectivity index (χ1v) is 5.17. The molecule has 0 aliphatic heterocycles. The summed E-state index contributed by atoms with van der Waals surface area (Å²) in [6, 6.07) is 9.15. The maximum absolute atomic E-state index is 11.9. The average molecular weight is 239 g/mol. The summed E-state index contributed by atoms with van der Waals surface area (Å²) in [5, 5.41) is 9.19. The van der Waals surface area contributed by atoms with Gasteiger partial charge in [-0.1, -0.05) is 29.8 Å². The zero-order valence-corrected chi connectivity index (χ0v) is 9.48. The van der Waals surface area contributed by atoms with E-state index in [1.165, 1.54) is 4.68 Å². The van der Waals surface area contributed by atoms with Crippen LogP contribution in [0.1, 0.15) is 5.69 Å². The van der Waals surface area contributed by atoms with E-state index in [2.05, 4.69) is 0 Å². The van der Waals surface area contributed by atoms with Crippen LogP contribution in [0.2, 0.25) is 5.02 Å². The van der Waals surface area contributed by atoms with E-state index >= 15 is 0 Å². The summed E-state index contributed by atoms with van der Waals surface area (Å²) in [6.45, 7) is -0.260. The SMILES string of the molecule is Cn1c(CO)c(Cl)c(=O)n1-c1ccccc1. The highest BCUT2D eigenvalue weighted by molar-refractivity contribution is 6.31. The largest absolute Gasteiger partial charge is 0.390 e. The van der Waals surface area contributed by atoms with Crippen molar-refractivity contribution in [3.8, 4) is 5.69 Å². The molecule has 1 aromatic heterocycles. The number of halogens is 1. The molecule has 2 rings (SSSR count). The Morgan fingerprint density at radius 1 is 1.31 bits per heavy atom. The van der Waals surface area contributed by atoms with E-state index in [0.29, 0.717) is 5.69 Å². The van der Waals surface area contributed by atoms with Crippen LogP contribution in [0.15, 0.2) is 35.1 Å². The molecule has 5 heteroatoms. The summed E-state index contributed by atoms with van der Waals surface area (Å²) in [4.78, 5) is 11.9. The Morgan fingerprint density at radius 3 is 2.44 bits per heavy atom. The summed E-state index contributed by atoms with van der Waals surface area (Å²) in [5.41, 5.74) is 0.812. The average Bonchev–Trinajstić information content (AvgIpc) is 2.51. The fourth-order valence-electron chi connectivity index (χ4n) is 1.65. The molecular weight excluding hydrogens is 228 g/mol. The molecule has 16 heavy (non-hydrogen) atoms. The van der Waals surface area contributed by atoms with Crippen LogP contribution in [0.3, 0.4) is 0 Å². The van der Waals surface area contributed by atoms with Crippen LogP contribution < -0.4 is 5.56 Å². The van der Waals surface area contributed by atoms with E-state index < -0.39 is 0 Å². The van der Waals surface area contributed by atoms with Crippen molar-refractivity contribution >= 4 is 11.6 Å². The first-order chi connectivity index (χ1) is 7.66. The molecule has 0 unspecified atom stereocenters. The number of para-hydroxylation sites is 1. The number of aliphatic hydroxyl groups is 1. The van der Waals surface area contributed by atoms with Crippen LogP contribution in [-0.4, -0.2) is 14.5 Å². The molecule has 4 nitrogen and oxygen atoms in total. The lowest BCUT2D eigenvalue weighted by Crippen LogP contribution is -2.19. The second-order valence-electron chi connectivity index (χ2n) is 3.39. The lowest BCUT2D eigenvalue weighted by Gasteiger charge is -2.08. The predicted octanol–water partition coefficient (Wildman–Crippen LogP) is 1.32. The summed E-state index contributed by atoms with van der Waals surface area (Å²) in [5.74, 6) is 0. The third-order valence-corrected chi connectivity index (χ3v) is 2.85. The first kappa shape index (κ1) is 11.0. The van der Waals surface area contributed by atoms with Gasteiger partial charge in [-0.25, -0.2) is 4.68 Å². The Hall–Kier alpha value is -1.52. The molecule has 0 saturated carbocycles. The van der Waals surface area contributed by atoms with E-state index in [4.69, 9.17) is 16.7 Å². The zero-order chi connectivity index (χ0) is 11.7. The molecule has 0 fully saturated rings. The topological polar surface area (TPSA) is 47.2 Å². The standard InChI is InChI=1S/C11H11ClN2O2/c1-13-9(7-15)10(12)11(16)14(13)8-5-3-2-4-6-8/h2-6,15H,7H2,1H3. The Bertz CT molecular complexity index is 557. The van der Waals surface area contributed by atoms with Crippen molar-refractivity contribution in [2.45, 2.75) is 6.61 Å². The number of hydrogen-bond acceptors (Lipinski definition) is 2. The van der Waals surface area contributed by atoms with Gasteiger partial charge in [0.1, 0.15) is 5.02 Å². The van der Waals surface area contributed by atoms with E-state index in [0.717, 1.165) is 5.69 Å². The van der Waals surface area contributed by atoms with Crippen LogP contribution >= 0.6 is 11.6 Å². The maximum Gasteiger partial charge on any atom is 0.290 e. The zero-order valence-electron chi connectivity index (χ0n) is 8.72. The highest BCUT2D eigenvalue weighted by Crippen LogP contribution is 2.14. The van der Waals surface area contributed by atoms with Gasteiger partial charge in [0.2, 0.25) is 0 Å². The molecule has 0 aliphatic rings. The summed E-state index contributed by atoms with van der Waals surface area (Å²) in [6.07, 6.45) is 0. The van der Waals surface area contributed by atoms with Crippen molar-refractivity contribution in [1.29, 1.82) is 0 Å². The van der Waals surface area contributed by atoms with Crippen molar-refractivity contribution < 1.29 is 5.11 Å². The minimum atomic E-state index is -0.320. The molecule has 1 N–H and O–H groups in total. The molecule has 84 valence electrons. The molecule has 0 saturated heterocycles. The lowest BCUT2D eigenvalue weighted by atomic mass is 10.3. The van der Waals surface area contributed by atoms with Gasteiger partial charge in [0.15, 0.2) is 0 Å². The second-order valence-corrected chi connectivity index (χ2v) is 3.77. The Labute approximate surface area is 97.3 Å². The highest BCUT2D eigenvalue weighted by Gasteiger charge is 2.15. The molecule has 0 radical (unpaired) electrons. The molecule has 1 aromatic carbocycles. The van der Waals surface area contributed by atoms with Crippen LogP contribution in [-0.2, 0) is 13.7 Å². The normalized spacial score (nSPS) is 10.7. The van der Waals surface area contributed by atoms with Gasteiger partial charge >= 0.3 is 0 Å². The lowest BCUT2D eigenvalue weighted by molar-refractivity contribution is 0.269. The molecule has 1 heterocycles. The van der Waals surface area contributed by atoms with Gasteiger partial charge < -0.3 is 5.11 Å². The van der Waals surface area contributed by atoms with Gasteiger partial charge in [-0.2, -0.15) is 0 Å². The Balaban J connectivity index is 2.72. The smallest absolute Gasteiger partial charge is 0.290 e. The second kappa shape index (κ2) is 4.15. The van der Waals surface area contributed by atoms with Crippen molar-refractivity contribution in [3.05, 3.63) is 51.4 Å². The molecule has 0 amide bonds. The quantitative estimate of drug-likeness (QED) is 0.858. The van der Waals surface area contributed by atoms with Crippen molar-refractivity contribution in [2.75, 3.05) is 0 Å². The number of benzene rings is 1. The van der Waals surface area contributed by atoms with Crippen molar-refractivity contribution in [1.82, 2.24) is 9.36 Å². The molecule has 0 bridgehead atoms. The molecular formula is C11H11ClN2O2. The van der Waals surface area contributed by atoms with Crippen LogP contribution in [0.25, 0.3) is 5.69 Å². The summed E-state index contributed by atoms with van der Waals surface area (Å²) in [7, 11) is 1.69. The van der Waals surface area contributed by atoms with Gasteiger partial charge in [0, 0.05) is 7.05 Å². The van der Waals surface area contributed by atoms with E-state index in [9.17, 15) is 4.79 Å². The number of nitrogens with zero attached hydrogens (tertiary/aromatic N) is 2. The molecule has 0 aliphatic carbocycles. The Kier molecular flexibility index (Phi) is 2.85. The van der Waals surface area contributed by atoms with Gasteiger partial charge in [-0.3, -0.25) is 9.48 Å². The highest BCUT2D eigenvalue weighted by atomic mass is 35.5. The van der Waals surface area contributed by atoms with E-state index in [-0.39, 0.29) is 17.2 Å². The number of aliphatic hydroxyl groups excluding tert-OH is 1. The fraction of sp³-hybridized carbons (Fsp3) is 0.182. The molecule has 0 atom stereocenters. The van der Waals surface area contributed by atoms with E-state index in [1.54, 1.807) is 23.9 Å². The summed E-state index contributed by atoms with van der Waals surface area (Å²) < 4.78 is 2.98. The first-order valence-electron chi connectivity index (χ1n) is 4.79. The number of rotatable bonds is 2. The number of hydrogen-bond donors (Lipinski definition) is 1. The monoisotopic (exact) mass is 238 g/mol. The maximum atomic E-state index is 11.9. The van der Waals surface area contributed by atoms with Crippen LogP contribution in [0, 0.1) is 0 Å². The third kappa shape index (κ3) is 1.56. The third-order valence-electron chi connectivity index (χ3n) is 2.47. The van der Waals surface area contributed by atoms with Crippen LogP contribution in [0.4, 0.5) is 0 Å². The molecule has 0 spiro atoms. The molecule has 2 aromatic rings. The van der Waals surface area contributed by atoms with Crippen molar-refractivity contribution in [3.63, 3.8) is 0 Å². The summed E-state index contributed by atoms with van der Waals surface area (Å²) >= 11 is 5.86. The van der Waals surface area contributed by atoms with Crippen molar-refractivity contribution in [2.24, 2.45) is 7.05 Å². The Morgan fingerprint density at radius 2 is 1.94 bits per heavy atom.